The average molecular weight is 344 g/mol. The molecule has 128 valence electrons. The highest BCUT2D eigenvalue weighted by atomic mass is 32.2. The van der Waals surface area contributed by atoms with Crippen LogP contribution in [0.3, 0.4) is 0 Å². The predicted molar refractivity (Wildman–Crippen MR) is 95.8 cm³/mol. The highest BCUT2D eigenvalue weighted by Crippen LogP contribution is 2.46. The summed E-state index contributed by atoms with van der Waals surface area (Å²) in [7, 11) is 2.03. The van der Waals surface area contributed by atoms with E-state index in [9.17, 15) is 0 Å². The van der Waals surface area contributed by atoms with E-state index in [-0.39, 0.29) is 0 Å². The largest absolute Gasteiger partial charge is 0.373 e. The number of hydrogen-bond acceptors (Lipinski definition) is 5. The Morgan fingerprint density at radius 2 is 2.29 bits per heavy atom. The van der Waals surface area contributed by atoms with Crippen molar-refractivity contribution >= 4 is 11.8 Å². The smallest absolute Gasteiger partial charge is 0.0736 e. The third kappa shape index (κ3) is 3.36. The van der Waals surface area contributed by atoms with E-state index in [1.165, 1.54) is 12.1 Å². The molecule has 5 nitrogen and oxygen atoms in total. The van der Waals surface area contributed by atoms with Gasteiger partial charge in [0.2, 0.25) is 0 Å². The van der Waals surface area contributed by atoms with Gasteiger partial charge in [0.15, 0.2) is 0 Å². The molecule has 0 aromatic carbocycles. The molecule has 6 heteroatoms. The second kappa shape index (κ2) is 6.50. The second-order valence-electron chi connectivity index (χ2n) is 7.04. The molecule has 2 aliphatic heterocycles. The molecule has 0 bridgehead atoms. The van der Waals surface area contributed by atoms with Crippen molar-refractivity contribution in [2.75, 3.05) is 18.8 Å². The van der Waals surface area contributed by atoms with Crippen LogP contribution in [0.4, 0.5) is 0 Å². The second-order valence-corrected chi connectivity index (χ2v) is 8.53. The van der Waals surface area contributed by atoms with Gasteiger partial charge in [0.05, 0.1) is 24.1 Å². The van der Waals surface area contributed by atoms with Crippen LogP contribution in [0.2, 0.25) is 0 Å². The summed E-state index contributed by atoms with van der Waals surface area (Å²) < 4.78 is 8.51. The fourth-order valence-corrected chi connectivity index (χ4v) is 5.35. The number of rotatable bonds is 5. The van der Waals surface area contributed by atoms with Crippen LogP contribution in [0.5, 0.6) is 0 Å². The lowest BCUT2D eigenvalue weighted by atomic mass is 9.93. The molecule has 0 radical (unpaired) electrons. The molecule has 0 aliphatic carbocycles. The molecule has 0 amide bonds. The SMILES string of the molecule is Cc1cc(CN2CC3(CC(OCc4cccnc4)CS3)C2)n(C)n1. The van der Waals surface area contributed by atoms with Crippen molar-refractivity contribution < 1.29 is 4.74 Å². The van der Waals surface area contributed by atoms with Crippen molar-refractivity contribution in [2.24, 2.45) is 7.05 Å². The van der Waals surface area contributed by atoms with E-state index in [2.05, 4.69) is 45.8 Å². The molecule has 1 unspecified atom stereocenters. The van der Waals surface area contributed by atoms with E-state index in [0.29, 0.717) is 17.5 Å². The monoisotopic (exact) mass is 344 g/mol. The van der Waals surface area contributed by atoms with Gasteiger partial charge in [0.1, 0.15) is 0 Å². The van der Waals surface area contributed by atoms with Gasteiger partial charge < -0.3 is 4.74 Å². The highest BCUT2D eigenvalue weighted by molar-refractivity contribution is 8.01. The number of hydrogen-bond donors (Lipinski definition) is 0. The van der Waals surface area contributed by atoms with Crippen LogP contribution in [0.15, 0.2) is 30.6 Å². The van der Waals surface area contributed by atoms with Gasteiger partial charge in [-0.3, -0.25) is 14.6 Å². The average Bonchev–Trinajstić information content (AvgIpc) is 3.10. The van der Waals surface area contributed by atoms with E-state index in [0.717, 1.165) is 36.6 Å². The number of aromatic nitrogens is 3. The zero-order valence-corrected chi connectivity index (χ0v) is 15.1. The van der Waals surface area contributed by atoms with Gasteiger partial charge in [-0.2, -0.15) is 5.10 Å². The first kappa shape index (κ1) is 16.1. The Bertz CT molecular complexity index is 696. The Hall–Kier alpha value is -1.37. The van der Waals surface area contributed by atoms with Gasteiger partial charge in [-0.15, -0.1) is 11.8 Å². The van der Waals surface area contributed by atoms with E-state index in [1.54, 1.807) is 6.20 Å². The van der Waals surface area contributed by atoms with Gasteiger partial charge in [-0.1, -0.05) is 6.07 Å². The first-order valence-electron chi connectivity index (χ1n) is 8.48. The molecule has 24 heavy (non-hydrogen) atoms. The van der Waals surface area contributed by atoms with Gasteiger partial charge in [0, 0.05) is 49.6 Å². The van der Waals surface area contributed by atoms with Gasteiger partial charge >= 0.3 is 0 Å². The molecule has 0 N–H and O–H groups in total. The summed E-state index contributed by atoms with van der Waals surface area (Å²) in [6, 6.07) is 6.23. The number of thioether (sulfide) groups is 1. The first-order valence-corrected chi connectivity index (χ1v) is 9.47. The highest BCUT2D eigenvalue weighted by Gasteiger charge is 2.49. The molecule has 4 rings (SSSR count). The minimum atomic E-state index is 0.372. The standard InChI is InChI=1S/C18H24N4OS/c1-14-6-16(21(2)20-14)9-22-12-18(13-22)7-17(11-24-18)23-10-15-4-3-5-19-8-15/h3-6,8,17H,7,9-13H2,1-2H3. The molecule has 0 saturated carbocycles. The van der Waals surface area contributed by atoms with Crippen LogP contribution in [0.1, 0.15) is 23.4 Å². The van der Waals surface area contributed by atoms with E-state index in [4.69, 9.17) is 4.74 Å². The van der Waals surface area contributed by atoms with Crippen LogP contribution in [-0.2, 0) is 24.9 Å². The number of ether oxygens (including phenoxy) is 1. The van der Waals surface area contributed by atoms with Crippen molar-refractivity contribution in [3.8, 4) is 0 Å². The predicted octanol–water partition coefficient (Wildman–Crippen LogP) is 2.40. The molecule has 1 atom stereocenters. The third-order valence-electron chi connectivity index (χ3n) is 4.89. The van der Waals surface area contributed by atoms with Gasteiger partial charge in [-0.05, 0) is 31.0 Å². The van der Waals surface area contributed by atoms with Crippen molar-refractivity contribution in [1.29, 1.82) is 0 Å². The Morgan fingerprint density at radius 3 is 3.00 bits per heavy atom. The molecule has 2 saturated heterocycles. The topological polar surface area (TPSA) is 43.2 Å². The quantitative estimate of drug-likeness (QED) is 0.833. The summed E-state index contributed by atoms with van der Waals surface area (Å²) in [5.74, 6) is 1.11. The van der Waals surface area contributed by atoms with Crippen molar-refractivity contribution in [2.45, 2.75) is 37.3 Å². The third-order valence-corrected chi connectivity index (χ3v) is 6.47. The van der Waals surface area contributed by atoms with Gasteiger partial charge in [-0.25, -0.2) is 0 Å². The van der Waals surface area contributed by atoms with Crippen LogP contribution in [-0.4, -0.2) is 49.4 Å². The summed E-state index contributed by atoms with van der Waals surface area (Å²) >= 11 is 2.09. The molecule has 1 spiro atoms. The molecule has 2 fully saturated rings. The zero-order valence-electron chi connectivity index (χ0n) is 14.3. The summed E-state index contributed by atoms with van der Waals surface area (Å²) in [6.07, 6.45) is 5.23. The number of nitrogens with zero attached hydrogens (tertiary/aromatic N) is 4. The summed E-state index contributed by atoms with van der Waals surface area (Å²) in [5.41, 5.74) is 3.56. The minimum Gasteiger partial charge on any atom is -0.373 e. The summed E-state index contributed by atoms with van der Waals surface area (Å²) in [4.78, 5) is 6.67. The van der Waals surface area contributed by atoms with E-state index in [1.807, 2.05) is 24.0 Å². The maximum Gasteiger partial charge on any atom is 0.0736 e. The van der Waals surface area contributed by atoms with Crippen molar-refractivity contribution in [3.63, 3.8) is 0 Å². The molecular weight excluding hydrogens is 320 g/mol. The Morgan fingerprint density at radius 1 is 1.42 bits per heavy atom. The molecule has 4 heterocycles. The minimum absolute atomic E-state index is 0.372. The Balaban J connectivity index is 1.25. The van der Waals surface area contributed by atoms with Crippen LogP contribution >= 0.6 is 11.8 Å². The zero-order chi connectivity index (χ0) is 16.6. The van der Waals surface area contributed by atoms with Crippen LogP contribution < -0.4 is 0 Å². The van der Waals surface area contributed by atoms with Crippen LogP contribution in [0, 0.1) is 6.92 Å². The lowest BCUT2D eigenvalue weighted by molar-refractivity contribution is 0.0258. The van der Waals surface area contributed by atoms with E-state index < -0.39 is 0 Å². The number of aryl methyl sites for hydroxylation is 2. The normalized spacial score (nSPS) is 22.8. The molecular formula is C18H24N4OS. The Labute approximate surface area is 147 Å². The van der Waals surface area contributed by atoms with Gasteiger partial charge in [0.25, 0.3) is 0 Å². The number of likely N-dealkylation sites (tertiary alicyclic amines) is 1. The molecule has 2 aliphatic rings. The van der Waals surface area contributed by atoms with Crippen molar-refractivity contribution in [1.82, 2.24) is 19.7 Å². The number of pyridine rings is 1. The summed E-state index contributed by atoms with van der Waals surface area (Å²) in [5, 5.41) is 4.44. The Kier molecular flexibility index (Phi) is 4.37. The maximum absolute atomic E-state index is 6.10. The van der Waals surface area contributed by atoms with Crippen LogP contribution in [0.25, 0.3) is 0 Å². The molecule has 2 aromatic rings. The maximum atomic E-state index is 6.10. The van der Waals surface area contributed by atoms with E-state index >= 15 is 0 Å². The first-order chi connectivity index (χ1) is 11.6. The fraction of sp³-hybridized carbons (Fsp3) is 0.556. The lowest BCUT2D eigenvalue weighted by Gasteiger charge is -2.47. The van der Waals surface area contributed by atoms with Crippen molar-refractivity contribution in [3.05, 3.63) is 47.5 Å². The summed E-state index contributed by atoms with van der Waals surface area (Å²) in [6.45, 7) is 6.05. The fourth-order valence-electron chi connectivity index (χ4n) is 3.75. The lowest BCUT2D eigenvalue weighted by Crippen LogP contribution is -2.58. The molecule has 2 aromatic heterocycles.